The van der Waals surface area contributed by atoms with Crippen LogP contribution in [0.1, 0.15) is 12.0 Å². The number of likely N-dealkylation sites (tertiary alicyclic amines) is 1. The van der Waals surface area contributed by atoms with Crippen LogP contribution in [0.5, 0.6) is 5.75 Å². The Morgan fingerprint density at radius 3 is 2.83 bits per heavy atom. The average molecular weight is 313 g/mol. The Morgan fingerprint density at radius 2 is 2.22 bits per heavy atom. The molecule has 0 radical (unpaired) electrons. The standard InChI is InChI=1S/C12H13BrN2O3/c1-15-10(16)5-9(12(15)18)14-6-7-3-2-4-8(13)11(7)17/h2-4,9,14,17H,5-6H2,1H3. The number of para-hydroxylation sites is 1. The number of hydrogen-bond donors (Lipinski definition) is 2. The molecule has 1 aliphatic heterocycles. The summed E-state index contributed by atoms with van der Waals surface area (Å²) < 4.78 is 0.604. The maximum atomic E-state index is 11.7. The van der Waals surface area contributed by atoms with Crippen molar-refractivity contribution in [1.82, 2.24) is 10.2 Å². The second kappa shape index (κ2) is 5.07. The second-order valence-corrected chi connectivity index (χ2v) is 5.03. The summed E-state index contributed by atoms with van der Waals surface area (Å²) in [6.45, 7) is 0.336. The fourth-order valence-corrected chi connectivity index (χ4v) is 2.26. The van der Waals surface area contributed by atoms with Gasteiger partial charge in [0.1, 0.15) is 5.75 Å². The van der Waals surface area contributed by atoms with E-state index in [0.717, 1.165) is 4.90 Å². The molecular weight excluding hydrogens is 300 g/mol. The van der Waals surface area contributed by atoms with Crippen LogP contribution in [-0.4, -0.2) is 34.9 Å². The van der Waals surface area contributed by atoms with Gasteiger partial charge in [-0.1, -0.05) is 12.1 Å². The number of imide groups is 1. The molecule has 6 heteroatoms. The van der Waals surface area contributed by atoms with Crippen molar-refractivity contribution in [3.63, 3.8) is 0 Å². The number of phenols is 1. The zero-order chi connectivity index (χ0) is 13.3. The Hall–Kier alpha value is -1.40. The Bertz CT molecular complexity index is 504. The van der Waals surface area contributed by atoms with Crippen molar-refractivity contribution < 1.29 is 14.7 Å². The van der Waals surface area contributed by atoms with Crippen LogP contribution in [0.2, 0.25) is 0 Å². The third-order valence-electron chi connectivity index (χ3n) is 2.99. The largest absolute Gasteiger partial charge is 0.506 e. The number of amides is 2. The number of benzene rings is 1. The monoisotopic (exact) mass is 312 g/mol. The first-order chi connectivity index (χ1) is 8.50. The molecule has 0 aliphatic carbocycles. The van der Waals surface area contributed by atoms with Crippen LogP contribution in [-0.2, 0) is 16.1 Å². The first kappa shape index (κ1) is 13.0. The van der Waals surface area contributed by atoms with Gasteiger partial charge in [0.2, 0.25) is 11.8 Å². The van der Waals surface area contributed by atoms with E-state index in [2.05, 4.69) is 21.2 Å². The predicted octanol–water partition coefficient (Wildman–Crippen LogP) is 1.00. The lowest BCUT2D eigenvalue weighted by atomic mass is 10.1. The third-order valence-corrected chi connectivity index (χ3v) is 3.63. The summed E-state index contributed by atoms with van der Waals surface area (Å²) in [5.74, 6) is -0.263. The lowest BCUT2D eigenvalue weighted by Gasteiger charge is -2.12. The normalized spacial score (nSPS) is 19.7. The molecule has 2 N–H and O–H groups in total. The zero-order valence-corrected chi connectivity index (χ0v) is 11.4. The summed E-state index contributed by atoms with van der Waals surface area (Å²) in [5.41, 5.74) is 0.680. The summed E-state index contributed by atoms with van der Waals surface area (Å²) >= 11 is 3.22. The predicted molar refractivity (Wildman–Crippen MR) is 68.8 cm³/mol. The smallest absolute Gasteiger partial charge is 0.246 e. The second-order valence-electron chi connectivity index (χ2n) is 4.18. The van der Waals surface area contributed by atoms with Crippen LogP contribution < -0.4 is 5.32 Å². The van der Waals surface area contributed by atoms with Gasteiger partial charge in [-0.2, -0.15) is 0 Å². The maximum absolute atomic E-state index is 11.7. The molecule has 1 unspecified atom stereocenters. The summed E-state index contributed by atoms with van der Waals surface area (Å²) in [4.78, 5) is 24.1. The molecule has 2 rings (SSSR count). The first-order valence-corrected chi connectivity index (χ1v) is 6.30. The van der Waals surface area contributed by atoms with Crippen molar-refractivity contribution in [2.45, 2.75) is 19.0 Å². The number of carbonyl (C=O) groups excluding carboxylic acids is 2. The summed E-state index contributed by atoms with van der Waals surface area (Å²) in [6.07, 6.45) is 0.171. The van der Waals surface area contributed by atoms with Gasteiger partial charge in [0.25, 0.3) is 0 Å². The van der Waals surface area contributed by atoms with Gasteiger partial charge < -0.3 is 10.4 Å². The van der Waals surface area contributed by atoms with Gasteiger partial charge in [0, 0.05) is 19.2 Å². The number of likely N-dealkylation sites (N-methyl/N-ethyl adjacent to an activating group) is 1. The highest BCUT2D eigenvalue weighted by atomic mass is 79.9. The highest BCUT2D eigenvalue weighted by Gasteiger charge is 2.35. The Balaban J connectivity index is 2.03. The maximum Gasteiger partial charge on any atom is 0.246 e. The highest BCUT2D eigenvalue weighted by molar-refractivity contribution is 9.10. The summed E-state index contributed by atoms with van der Waals surface area (Å²) in [6, 6.07) is 4.80. The van der Waals surface area contributed by atoms with E-state index in [0.29, 0.717) is 16.6 Å². The molecule has 1 aliphatic rings. The number of aromatic hydroxyl groups is 1. The van der Waals surface area contributed by atoms with Crippen molar-refractivity contribution in [2.75, 3.05) is 7.05 Å². The molecule has 1 aromatic rings. The van der Waals surface area contributed by atoms with Crippen molar-refractivity contribution in [2.24, 2.45) is 0 Å². The fourth-order valence-electron chi connectivity index (χ4n) is 1.85. The molecule has 18 heavy (non-hydrogen) atoms. The van der Waals surface area contributed by atoms with E-state index in [1.807, 2.05) is 0 Å². The Kier molecular flexibility index (Phi) is 3.68. The van der Waals surface area contributed by atoms with Crippen LogP contribution in [0, 0.1) is 0 Å². The van der Waals surface area contributed by atoms with Gasteiger partial charge in [0.15, 0.2) is 0 Å². The van der Waals surface area contributed by atoms with Gasteiger partial charge in [-0.3, -0.25) is 14.5 Å². The lowest BCUT2D eigenvalue weighted by Crippen LogP contribution is -2.36. The molecular formula is C12H13BrN2O3. The number of carbonyl (C=O) groups is 2. The first-order valence-electron chi connectivity index (χ1n) is 5.51. The molecule has 1 heterocycles. The van der Waals surface area contributed by atoms with Crippen molar-refractivity contribution >= 4 is 27.7 Å². The number of nitrogens with one attached hydrogen (secondary N) is 1. The van der Waals surface area contributed by atoms with Crippen molar-refractivity contribution in [3.05, 3.63) is 28.2 Å². The van der Waals surface area contributed by atoms with E-state index in [4.69, 9.17) is 0 Å². The van der Waals surface area contributed by atoms with E-state index in [9.17, 15) is 14.7 Å². The SMILES string of the molecule is CN1C(=O)CC(NCc2cccc(Br)c2O)C1=O. The molecule has 1 atom stereocenters. The summed E-state index contributed by atoms with van der Waals surface area (Å²) in [7, 11) is 1.48. The van der Waals surface area contributed by atoms with Crippen molar-refractivity contribution in [1.29, 1.82) is 0 Å². The van der Waals surface area contributed by atoms with Crippen LogP contribution in [0.25, 0.3) is 0 Å². The molecule has 5 nitrogen and oxygen atoms in total. The van der Waals surface area contributed by atoms with E-state index < -0.39 is 6.04 Å². The quantitative estimate of drug-likeness (QED) is 0.817. The van der Waals surface area contributed by atoms with E-state index in [1.54, 1.807) is 18.2 Å². The van der Waals surface area contributed by atoms with Gasteiger partial charge in [0.05, 0.1) is 16.9 Å². The number of phenolic OH excluding ortho intramolecular Hbond substituents is 1. The Morgan fingerprint density at radius 1 is 1.50 bits per heavy atom. The summed E-state index contributed by atoms with van der Waals surface area (Å²) in [5, 5.41) is 12.8. The van der Waals surface area contributed by atoms with Crippen LogP contribution in [0.4, 0.5) is 0 Å². The highest BCUT2D eigenvalue weighted by Crippen LogP contribution is 2.27. The number of halogens is 1. The fraction of sp³-hybridized carbons (Fsp3) is 0.333. The lowest BCUT2D eigenvalue weighted by molar-refractivity contribution is -0.137. The minimum absolute atomic E-state index is 0.148. The molecule has 1 fully saturated rings. The topological polar surface area (TPSA) is 69.6 Å². The minimum Gasteiger partial charge on any atom is -0.506 e. The van der Waals surface area contributed by atoms with Crippen LogP contribution >= 0.6 is 15.9 Å². The van der Waals surface area contributed by atoms with Crippen molar-refractivity contribution in [3.8, 4) is 5.75 Å². The molecule has 1 aromatic carbocycles. The van der Waals surface area contributed by atoms with Gasteiger partial charge in [-0.25, -0.2) is 0 Å². The van der Waals surface area contributed by atoms with E-state index in [1.165, 1.54) is 7.05 Å². The minimum atomic E-state index is -0.499. The van der Waals surface area contributed by atoms with Gasteiger partial charge in [-0.15, -0.1) is 0 Å². The molecule has 1 saturated heterocycles. The number of nitrogens with zero attached hydrogens (tertiary/aromatic N) is 1. The molecule has 0 spiro atoms. The third kappa shape index (κ3) is 2.39. The zero-order valence-electron chi connectivity index (χ0n) is 9.81. The van der Waals surface area contributed by atoms with Gasteiger partial charge in [-0.05, 0) is 22.0 Å². The molecule has 96 valence electrons. The van der Waals surface area contributed by atoms with E-state index in [-0.39, 0.29) is 24.0 Å². The van der Waals surface area contributed by atoms with Gasteiger partial charge >= 0.3 is 0 Å². The molecule has 2 amide bonds. The van der Waals surface area contributed by atoms with Crippen LogP contribution in [0.15, 0.2) is 22.7 Å². The Labute approximate surface area is 113 Å². The molecule has 0 bridgehead atoms. The average Bonchev–Trinajstić information content (AvgIpc) is 2.59. The molecule has 0 saturated carbocycles. The number of rotatable bonds is 3. The van der Waals surface area contributed by atoms with Crippen LogP contribution in [0.3, 0.4) is 0 Å². The van der Waals surface area contributed by atoms with E-state index >= 15 is 0 Å². The number of hydrogen-bond acceptors (Lipinski definition) is 4. The molecule has 0 aromatic heterocycles.